The van der Waals surface area contributed by atoms with Gasteiger partial charge in [0.25, 0.3) is 0 Å². The molecular formula is C17H24N4S. The molecule has 1 aromatic heterocycles. The van der Waals surface area contributed by atoms with Crippen LogP contribution in [-0.2, 0) is 13.0 Å². The van der Waals surface area contributed by atoms with Gasteiger partial charge in [0.05, 0.1) is 5.69 Å². The first-order valence-corrected chi connectivity index (χ1v) is 8.77. The summed E-state index contributed by atoms with van der Waals surface area (Å²) in [6.07, 6.45) is 0.859. The molecule has 2 heterocycles. The van der Waals surface area contributed by atoms with Gasteiger partial charge in [0.15, 0.2) is 0 Å². The van der Waals surface area contributed by atoms with Crippen molar-refractivity contribution in [3.8, 4) is 10.6 Å². The SMILES string of the molecule is CN1CCN(Cc2ccc(-c3nc(CCN)cs3)cc2)CC1. The van der Waals surface area contributed by atoms with Crippen LogP contribution in [0.2, 0.25) is 0 Å². The van der Waals surface area contributed by atoms with Crippen molar-refractivity contribution in [1.82, 2.24) is 14.8 Å². The fraction of sp³-hybridized carbons (Fsp3) is 0.471. The highest BCUT2D eigenvalue weighted by Gasteiger charge is 2.13. The lowest BCUT2D eigenvalue weighted by molar-refractivity contribution is 0.148. The quantitative estimate of drug-likeness (QED) is 0.917. The van der Waals surface area contributed by atoms with Gasteiger partial charge in [-0.15, -0.1) is 11.3 Å². The van der Waals surface area contributed by atoms with Gasteiger partial charge in [-0.3, -0.25) is 4.90 Å². The van der Waals surface area contributed by atoms with E-state index >= 15 is 0 Å². The second-order valence-corrected chi connectivity index (χ2v) is 6.82. The molecule has 0 bridgehead atoms. The molecule has 4 nitrogen and oxygen atoms in total. The lowest BCUT2D eigenvalue weighted by atomic mass is 10.1. The number of hydrogen-bond donors (Lipinski definition) is 1. The Kier molecular flexibility index (Phi) is 5.20. The molecule has 118 valence electrons. The summed E-state index contributed by atoms with van der Waals surface area (Å²) in [5.74, 6) is 0. The summed E-state index contributed by atoms with van der Waals surface area (Å²) in [6, 6.07) is 8.85. The number of benzene rings is 1. The lowest BCUT2D eigenvalue weighted by Gasteiger charge is -2.32. The highest BCUT2D eigenvalue weighted by atomic mass is 32.1. The maximum Gasteiger partial charge on any atom is 0.123 e. The van der Waals surface area contributed by atoms with E-state index in [1.807, 2.05) is 0 Å². The first-order chi connectivity index (χ1) is 10.7. The summed E-state index contributed by atoms with van der Waals surface area (Å²) < 4.78 is 0. The first-order valence-electron chi connectivity index (χ1n) is 7.89. The van der Waals surface area contributed by atoms with Crippen molar-refractivity contribution in [3.63, 3.8) is 0 Å². The van der Waals surface area contributed by atoms with Crippen LogP contribution in [0.15, 0.2) is 29.6 Å². The van der Waals surface area contributed by atoms with Crippen LogP contribution >= 0.6 is 11.3 Å². The van der Waals surface area contributed by atoms with Crippen LogP contribution in [0.5, 0.6) is 0 Å². The van der Waals surface area contributed by atoms with Gasteiger partial charge in [-0.25, -0.2) is 4.98 Å². The van der Waals surface area contributed by atoms with Crippen LogP contribution in [0, 0.1) is 0 Å². The molecule has 2 N–H and O–H groups in total. The maximum absolute atomic E-state index is 5.58. The summed E-state index contributed by atoms with van der Waals surface area (Å²) in [5.41, 5.74) is 9.27. The third-order valence-electron chi connectivity index (χ3n) is 4.16. The highest BCUT2D eigenvalue weighted by Crippen LogP contribution is 2.24. The lowest BCUT2D eigenvalue weighted by Crippen LogP contribution is -2.43. The van der Waals surface area contributed by atoms with Crippen molar-refractivity contribution in [2.24, 2.45) is 5.73 Å². The molecule has 0 spiro atoms. The minimum Gasteiger partial charge on any atom is -0.330 e. The van der Waals surface area contributed by atoms with E-state index in [-0.39, 0.29) is 0 Å². The normalized spacial score (nSPS) is 17.0. The van der Waals surface area contributed by atoms with Crippen molar-refractivity contribution in [1.29, 1.82) is 0 Å². The molecule has 0 atom stereocenters. The predicted octanol–water partition coefficient (Wildman–Crippen LogP) is 2.06. The average molecular weight is 316 g/mol. The van der Waals surface area contributed by atoms with E-state index in [9.17, 15) is 0 Å². The molecule has 1 aromatic carbocycles. The Bertz CT molecular complexity index is 585. The van der Waals surface area contributed by atoms with Crippen LogP contribution in [0.3, 0.4) is 0 Å². The molecule has 5 heteroatoms. The average Bonchev–Trinajstić information content (AvgIpc) is 2.99. The second kappa shape index (κ2) is 7.33. The van der Waals surface area contributed by atoms with E-state index in [1.54, 1.807) is 11.3 Å². The van der Waals surface area contributed by atoms with Gasteiger partial charge in [-0.2, -0.15) is 0 Å². The summed E-state index contributed by atoms with van der Waals surface area (Å²) in [4.78, 5) is 9.56. The van der Waals surface area contributed by atoms with Gasteiger partial charge in [-0.1, -0.05) is 24.3 Å². The monoisotopic (exact) mass is 316 g/mol. The van der Waals surface area contributed by atoms with Gasteiger partial charge in [0.1, 0.15) is 5.01 Å². The Hall–Kier alpha value is -1.27. The number of aromatic nitrogens is 1. The molecule has 1 aliphatic rings. The molecule has 22 heavy (non-hydrogen) atoms. The Labute approximate surface area is 136 Å². The third kappa shape index (κ3) is 3.93. The zero-order valence-corrected chi connectivity index (χ0v) is 14.0. The minimum absolute atomic E-state index is 0.660. The Morgan fingerprint density at radius 1 is 1.14 bits per heavy atom. The number of piperazine rings is 1. The van der Waals surface area contributed by atoms with Gasteiger partial charge < -0.3 is 10.6 Å². The Morgan fingerprint density at radius 2 is 1.86 bits per heavy atom. The predicted molar refractivity (Wildman–Crippen MR) is 93.1 cm³/mol. The number of nitrogens with zero attached hydrogens (tertiary/aromatic N) is 3. The van der Waals surface area contributed by atoms with Crippen LogP contribution in [0.4, 0.5) is 0 Å². The Balaban J connectivity index is 1.62. The number of likely N-dealkylation sites (N-methyl/N-ethyl adjacent to an activating group) is 1. The molecule has 0 saturated carbocycles. The molecule has 1 aliphatic heterocycles. The minimum atomic E-state index is 0.660. The summed E-state index contributed by atoms with van der Waals surface area (Å²) in [6.45, 7) is 6.36. The molecule has 0 aliphatic carbocycles. The zero-order chi connectivity index (χ0) is 15.4. The topological polar surface area (TPSA) is 45.4 Å². The highest BCUT2D eigenvalue weighted by molar-refractivity contribution is 7.13. The summed E-state index contributed by atoms with van der Waals surface area (Å²) >= 11 is 1.70. The fourth-order valence-electron chi connectivity index (χ4n) is 2.72. The van der Waals surface area contributed by atoms with Crippen molar-refractivity contribution in [2.75, 3.05) is 39.8 Å². The molecule has 2 aromatic rings. The fourth-order valence-corrected chi connectivity index (χ4v) is 3.58. The van der Waals surface area contributed by atoms with Gasteiger partial charge in [-0.05, 0) is 19.2 Å². The molecule has 1 fully saturated rings. The standard InChI is InChI=1S/C17H24N4S/c1-20-8-10-21(11-9-20)12-14-2-4-15(5-3-14)17-19-16(6-7-18)13-22-17/h2-5,13H,6-12,18H2,1H3. The zero-order valence-electron chi connectivity index (χ0n) is 13.2. The van der Waals surface area contributed by atoms with E-state index in [1.165, 1.54) is 24.2 Å². The summed E-state index contributed by atoms with van der Waals surface area (Å²) in [7, 11) is 2.19. The molecule has 3 rings (SSSR count). The van der Waals surface area contributed by atoms with Gasteiger partial charge >= 0.3 is 0 Å². The van der Waals surface area contributed by atoms with E-state index in [0.717, 1.165) is 36.8 Å². The smallest absolute Gasteiger partial charge is 0.123 e. The van der Waals surface area contributed by atoms with E-state index in [0.29, 0.717) is 6.54 Å². The van der Waals surface area contributed by atoms with Crippen LogP contribution in [0.25, 0.3) is 10.6 Å². The van der Waals surface area contributed by atoms with Crippen molar-refractivity contribution in [2.45, 2.75) is 13.0 Å². The van der Waals surface area contributed by atoms with Gasteiger partial charge in [0, 0.05) is 50.1 Å². The van der Waals surface area contributed by atoms with E-state index < -0.39 is 0 Å². The maximum atomic E-state index is 5.58. The summed E-state index contributed by atoms with van der Waals surface area (Å²) in [5, 5.41) is 3.20. The largest absolute Gasteiger partial charge is 0.330 e. The number of thiazole rings is 1. The van der Waals surface area contributed by atoms with E-state index in [4.69, 9.17) is 5.73 Å². The van der Waals surface area contributed by atoms with Crippen molar-refractivity contribution < 1.29 is 0 Å². The van der Waals surface area contributed by atoms with Crippen LogP contribution in [0.1, 0.15) is 11.3 Å². The molecule has 1 saturated heterocycles. The molecule has 0 unspecified atom stereocenters. The third-order valence-corrected chi connectivity index (χ3v) is 5.10. The van der Waals surface area contributed by atoms with Gasteiger partial charge in [0.2, 0.25) is 0 Å². The number of hydrogen-bond acceptors (Lipinski definition) is 5. The van der Waals surface area contributed by atoms with Crippen molar-refractivity contribution in [3.05, 3.63) is 40.9 Å². The second-order valence-electron chi connectivity index (χ2n) is 5.96. The van der Waals surface area contributed by atoms with Crippen molar-refractivity contribution >= 4 is 11.3 Å². The van der Waals surface area contributed by atoms with Crippen LogP contribution < -0.4 is 5.73 Å². The Morgan fingerprint density at radius 3 is 2.55 bits per heavy atom. The molecule has 0 amide bonds. The van der Waals surface area contributed by atoms with E-state index in [2.05, 4.69) is 51.5 Å². The molecular weight excluding hydrogens is 292 g/mol. The number of nitrogens with two attached hydrogens (primary N) is 1. The van der Waals surface area contributed by atoms with Crippen LogP contribution in [-0.4, -0.2) is 54.6 Å². The first kappa shape index (κ1) is 15.6. The number of rotatable bonds is 5. The molecule has 0 radical (unpaired) electrons.